The molecule has 1 nitrogen and oxygen atoms in total. The lowest BCUT2D eigenvalue weighted by Gasteiger charge is -2.43. The van der Waals surface area contributed by atoms with E-state index in [9.17, 15) is 0 Å². The van der Waals surface area contributed by atoms with Gasteiger partial charge in [-0.25, -0.2) is 0 Å². The lowest BCUT2D eigenvalue weighted by atomic mass is 9.68. The average molecular weight is 300 g/mol. The molecule has 0 amide bonds. The van der Waals surface area contributed by atoms with Gasteiger partial charge in [-0.3, -0.25) is 0 Å². The van der Waals surface area contributed by atoms with E-state index in [1.54, 1.807) is 0 Å². The standard InChI is InChI=1S/C18H37NS/c1-7-18(5,6)15-9-10-16(19-8-2)17(13-15)20-12-11-14(3)4/h14-17,19H,7-13H2,1-6H3. The predicted octanol–water partition coefficient (Wildman–Crippen LogP) is 5.35. The van der Waals surface area contributed by atoms with Gasteiger partial charge in [0.1, 0.15) is 0 Å². The lowest BCUT2D eigenvalue weighted by Crippen LogP contribution is -2.45. The highest BCUT2D eigenvalue weighted by Gasteiger charge is 2.36. The Labute approximate surface area is 132 Å². The van der Waals surface area contributed by atoms with Crippen LogP contribution in [0.4, 0.5) is 0 Å². The number of hydrogen-bond acceptors (Lipinski definition) is 2. The predicted molar refractivity (Wildman–Crippen MR) is 94.6 cm³/mol. The molecule has 0 radical (unpaired) electrons. The van der Waals surface area contributed by atoms with Crippen molar-refractivity contribution in [3.05, 3.63) is 0 Å². The third-order valence-electron chi connectivity index (χ3n) is 5.30. The minimum atomic E-state index is 0.522. The molecule has 3 atom stereocenters. The van der Waals surface area contributed by atoms with Gasteiger partial charge >= 0.3 is 0 Å². The maximum atomic E-state index is 3.74. The number of hydrogen-bond donors (Lipinski definition) is 1. The van der Waals surface area contributed by atoms with Gasteiger partial charge < -0.3 is 5.32 Å². The van der Waals surface area contributed by atoms with E-state index in [1.165, 1.54) is 37.9 Å². The van der Waals surface area contributed by atoms with Gasteiger partial charge in [0.2, 0.25) is 0 Å². The summed E-state index contributed by atoms with van der Waals surface area (Å²) in [6.07, 6.45) is 6.89. The smallest absolute Gasteiger partial charge is 0.0204 e. The molecule has 0 saturated heterocycles. The second-order valence-electron chi connectivity index (χ2n) is 7.61. The number of thioether (sulfide) groups is 1. The maximum Gasteiger partial charge on any atom is 0.0204 e. The van der Waals surface area contributed by atoms with Crippen LogP contribution in [-0.2, 0) is 0 Å². The molecular formula is C18H37NS. The Morgan fingerprint density at radius 1 is 1.20 bits per heavy atom. The highest BCUT2D eigenvalue weighted by Crippen LogP contribution is 2.43. The molecule has 1 aliphatic rings. The van der Waals surface area contributed by atoms with Crippen molar-refractivity contribution >= 4 is 11.8 Å². The molecule has 1 aliphatic carbocycles. The molecule has 0 aromatic rings. The van der Waals surface area contributed by atoms with Gasteiger partial charge in [-0.2, -0.15) is 11.8 Å². The Hall–Kier alpha value is 0.310. The Bertz CT molecular complexity index is 262. The molecular weight excluding hydrogens is 262 g/mol. The molecule has 1 N–H and O–H groups in total. The zero-order chi connectivity index (χ0) is 15.2. The molecule has 20 heavy (non-hydrogen) atoms. The molecule has 0 heterocycles. The summed E-state index contributed by atoms with van der Waals surface area (Å²) in [4.78, 5) is 0. The summed E-state index contributed by atoms with van der Waals surface area (Å²) in [7, 11) is 0. The van der Waals surface area contributed by atoms with Crippen LogP contribution in [-0.4, -0.2) is 23.6 Å². The normalized spacial score (nSPS) is 28.1. The number of nitrogens with one attached hydrogen (secondary N) is 1. The van der Waals surface area contributed by atoms with E-state index < -0.39 is 0 Å². The van der Waals surface area contributed by atoms with Crippen LogP contribution in [0.25, 0.3) is 0 Å². The fourth-order valence-electron chi connectivity index (χ4n) is 3.26. The van der Waals surface area contributed by atoms with Crippen molar-refractivity contribution in [2.24, 2.45) is 17.3 Å². The molecule has 1 saturated carbocycles. The fraction of sp³-hybridized carbons (Fsp3) is 1.00. The molecule has 0 aliphatic heterocycles. The van der Waals surface area contributed by atoms with E-state index in [2.05, 4.69) is 58.6 Å². The van der Waals surface area contributed by atoms with E-state index in [0.717, 1.165) is 29.7 Å². The van der Waals surface area contributed by atoms with Crippen molar-refractivity contribution in [1.29, 1.82) is 0 Å². The third-order valence-corrected chi connectivity index (χ3v) is 6.72. The van der Waals surface area contributed by atoms with Crippen LogP contribution in [0.5, 0.6) is 0 Å². The van der Waals surface area contributed by atoms with E-state index in [0.29, 0.717) is 5.41 Å². The SMILES string of the molecule is CCNC1CCC(C(C)(C)CC)CC1SCCC(C)C. The van der Waals surface area contributed by atoms with Crippen LogP contribution in [0, 0.1) is 17.3 Å². The monoisotopic (exact) mass is 299 g/mol. The molecule has 1 rings (SSSR count). The second kappa shape index (κ2) is 8.68. The van der Waals surface area contributed by atoms with Crippen molar-refractivity contribution in [2.45, 2.75) is 84.9 Å². The molecule has 1 fully saturated rings. The van der Waals surface area contributed by atoms with Crippen LogP contribution in [0.2, 0.25) is 0 Å². The second-order valence-corrected chi connectivity index (χ2v) is 8.96. The van der Waals surface area contributed by atoms with Crippen LogP contribution in [0.3, 0.4) is 0 Å². The Kier molecular flexibility index (Phi) is 7.97. The highest BCUT2D eigenvalue weighted by molar-refractivity contribution is 7.99. The topological polar surface area (TPSA) is 12.0 Å². The summed E-state index contributed by atoms with van der Waals surface area (Å²) in [5.41, 5.74) is 0.522. The van der Waals surface area contributed by atoms with Gasteiger partial charge in [0, 0.05) is 11.3 Å². The third kappa shape index (κ3) is 5.60. The van der Waals surface area contributed by atoms with Crippen molar-refractivity contribution < 1.29 is 0 Å². The first-order chi connectivity index (χ1) is 9.40. The fourth-order valence-corrected chi connectivity index (χ4v) is 5.01. The van der Waals surface area contributed by atoms with Gasteiger partial charge in [0.25, 0.3) is 0 Å². The summed E-state index contributed by atoms with van der Waals surface area (Å²) in [5.74, 6) is 3.09. The molecule has 0 aromatic carbocycles. The van der Waals surface area contributed by atoms with E-state index in [4.69, 9.17) is 0 Å². The van der Waals surface area contributed by atoms with Gasteiger partial charge in [0.05, 0.1) is 0 Å². The summed E-state index contributed by atoms with van der Waals surface area (Å²) < 4.78 is 0. The molecule has 0 bridgehead atoms. The van der Waals surface area contributed by atoms with Crippen LogP contribution < -0.4 is 5.32 Å². The molecule has 3 unspecified atom stereocenters. The lowest BCUT2D eigenvalue weighted by molar-refractivity contribution is 0.141. The zero-order valence-electron chi connectivity index (χ0n) is 14.7. The average Bonchev–Trinajstić information content (AvgIpc) is 2.40. The van der Waals surface area contributed by atoms with Gasteiger partial charge in [-0.1, -0.05) is 48.0 Å². The van der Waals surface area contributed by atoms with Crippen LogP contribution in [0.15, 0.2) is 0 Å². The van der Waals surface area contributed by atoms with Crippen molar-refractivity contribution in [3.8, 4) is 0 Å². The van der Waals surface area contributed by atoms with E-state index >= 15 is 0 Å². The van der Waals surface area contributed by atoms with Crippen molar-refractivity contribution in [1.82, 2.24) is 5.32 Å². The molecule has 0 aromatic heterocycles. The largest absolute Gasteiger partial charge is 0.313 e. The minimum absolute atomic E-state index is 0.522. The first kappa shape index (κ1) is 18.4. The van der Waals surface area contributed by atoms with Crippen molar-refractivity contribution in [2.75, 3.05) is 12.3 Å². The Morgan fingerprint density at radius 3 is 2.45 bits per heavy atom. The highest BCUT2D eigenvalue weighted by atomic mass is 32.2. The summed E-state index contributed by atoms with van der Waals surface area (Å²) in [6, 6.07) is 0.751. The minimum Gasteiger partial charge on any atom is -0.313 e. The van der Waals surface area contributed by atoms with E-state index in [1.807, 2.05) is 0 Å². The first-order valence-corrected chi connectivity index (χ1v) is 9.80. The molecule has 2 heteroatoms. The summed E-state index contributed by atoms with van der Waals surface area (Å²) >= 11 is 2.24. The quantitative estimate of drug-likeness (QED) is 0.648. The maximum absolute atomic E-state index is 3.74. The Morgan fingerprint density at radius 2 is 1.90 bits per heavy atom. The summed E-state index contributed by atoms with van der Waals surface area (Å²) in [5, 5.41) is 4.57. The number of rotatable bonds is 8. The van der Waals surface area contributed by atoms with E-state index in [-0.39, 0.29) is 0 Å². The first-order valence-electron chi connectivity index (χ1n) is 8.75. The Balaban J connectivity index is 2.57. The molecule has 120 valence electrons. The van der Waals surface area contributed by atoms with Gasteiger partial charge in [-0.05, 0) is 55.2 Å². The zero-order valence-corrected chi connectivity index (χ0v) is 15.5. The summed E-state index contributed by atoms with van der Waals surface area (Å²) in [6.45, 7) is 15.4. The van der Waals surface area contributed by atoms with Crippen LogP contribution >= 0.6 is 11.8 Å². The molecule has 0 spiro atoms. The van der Waals surface area contributed by atoms with Crippen LogP contribution in [0.1, 0.15) is 73.6 Å². The van der Waals surface area contributed by atoms with Gasteiger partial charge in [-0.15, -0.1) is 0 Å². The van der Waals surface area contributed by atoms with Crippen molar-refractivity contribution in [3.63, 3.8) is 0 Å². The van der Waals surface area contributed by atoms with Gasteiger partial charge in [0.15, 0.2) is 0 Å².